The lowest BCUT2D eigenvalue weighted by atomic mass is 9.85. The van der Waals surface area contributed by atoms with Crippen LogP contribution in [0, 0.1) is 0 Å². The molecule has 0 fully saturated rings. The number of methoxy groups -OCH3 is 1. The largest absolute Gasteiger partial charge is 0.465 e. The average Bonchev–Trinajstić information content (AvgIpc) is 2.26. The van der Waals surface area contributed by atoms with E-state index in [9.17, 15) is 4.79 Å². The third kappa shape index (κ3) is 3.23. The van der Waals surface area contributed by atoms with Crippen molar-refractivity contribution < 1.29 is 9.53 Å². The third-order valence-electron chi connectivity index (χ3n) is 2.55. The molecule has 0 aliphatic rings. The first-order valence-corrected chi connectivity index (χ1v) is 6.78. The molecule has 17 heavy (non-hydrogen) atoms. The van der Waals surface area contributed by atoms with Crippen molar-refractivity contribution in [2.24, 2.45) is 0 Å². The van der Waals surface area contributed by atoms with E-state index >= 15 is 0 Å². The predicted molar refractivity (Wildman–Crippen MR) is 74.1 cm³/mol. The molecule has 0 saturated carbocycles. The fourth-order valence-electron chi connectivity index (χ4n) is 1.60. The van der Waals surface area contributed by atoms with Crippen molar-refractivity contribution in [1.29, 1.82) is 0 Å². The van der Waals surface area contributed by atoms with E-state index in [1.54, 1.807) is 6.07 Å². The molecule has 0 radical (unpaired) electrons. The van der Waals surface area contributed by atoms with E-state index in [1.165, 1.54) is 7.11 Å². The first-order chi connectivity index (χ1) is 7.81. The molecule has 4 heteroatoms. The van der Waals surface area contributed by atoms with Gasteiger partial charge in [-0.2, -0.15) is 0 Å². The molecule has 0 saturated heterocycles. The van der Waals surface area contributed by atoms with Crippen LogP contribution in [0.25, 0.3) is 0 Å². The molecule has 2 nitrogen and oxygen atoms in total. The van der Waals surface area contributed by atoms with E-state index in [-0.39, 0.29) is 11.4 Å². The summed E-state index contributed by atoms with van der Waals surface area (Å²) in [6.45, 7) is 6.26. The molecular formula is C13H16BrClO2. The summed E-state index contributed by atoms with van der Waals surface area (Å²) in [6.07, 6.45) is 0. The lowest BCUT2D eigenvalue weighted by molar-refractivity contribution is 0.0600. The van der Waals surface area contributed by atoms with Gasteiger partial charge in [0.15, 0.2) is 0 Å². The molecule has 0 atom stereocenters. The molecule has 0 amide bonds. The van der Waals surface area contributed by atoms with Gasteiger partial charge in [-0.15, -0.1) is 0 Å². The molecule has 0 aromatic heterocycles. The maximum atomic E-state index is 11.6. The Morgan fingerprint density at radius 3 is 2.41 bits per heavy atom. The summed E-state index contributed by atoms with van der Waals surface area (Å²) in [7, 11) is 1.37. The molecule has 0 bridgehead atoms. The van der Waals surface area contributed by atoms with Crippen LogP contribution in [0.15, 0.2) is 12.1 Å². The molecule has 0 unspecified atom stereocenters. The number of benzene rings is 1. The zero-order chi connectivity index (χ0) is 13.2. The van der Waals surface area contributed by atoms with Crippen molar-refractivity contribution >= 4 is 33.5 Å². The van der Waals surface area contributed by atoms with E-state index < -0.39 is 0 Å². The molecule has 1 aromatic carbocycles. The Morgan fingerprint density at radius 2 is 2.00 bits per heavy atom. The van der Waals surface area contributed by atoms with Gasteiger partial charge in [-0.05, 0) is 22.6 Å². The van der Waals surface area contributed by atoms with Gasteiger partial charge in [0, 0.05) is 10.4 Å². The minimum atomic E-state index is -0.359. The summed E-state index contributed by atoms with van der Waals surface area (Å²) in [5, 5.41) is 1.19. The minimum absolute atomic E-state index is 0.0529. The first kappa shape index (κ1) is 14.5. The smallest absolute Gasteiger partial charge is 0.338 e. The van der Waals surface area contributed by atoms with Crippen LogP contribution in [0.4, 0.5) is 0 Å². The molecule has 0 aliphatic carbocycles. The molecule has 1 rings (SSSR count). The molecule has 0 spiro atoms. The number of ether oxygens (including phenoxy) is 1. The summed E-state index contributed by atoms with van der Waals surface area (Å²) in [5.41, 5.74) is 2.39. The lowest BCUT2D eigenvalue weighted by Crippen LogP contribution is -2.14. The lowest BCUT2D eigenvalue weighted by Gasteiger charge is -2.22. The van der Waals surface area contributed by atoms with E-state index in [0.717, 1.165) is 11.1 Å². The van der Waals surface area contributed by atoms with Crippen molar-refractivity contribution in [3.05, 3.63) is 33.8 Å². The van der Waals surface area contributed by atoms with Crippen LogP contribution in [0.2, 0.25) is 5.02 Å². The van der Waals surface area contributed by atoms with E-state index in [1.807, 2.05) is 6.07 Å². The highest BCUT2D eigenvalue weighted by atomic mass is 79.9. The van der Waals surface area contributed by atoms with Crippen molar-refractivity contribution in [2.45, 2.75) is 31.5 Å². The topological polar surface area (TPSA) is 26.3 Å². The molecule has 1 aromatic rings. The fraction of sp³-hybridized carbons (Fsp3) is 0.462. The summed E-state index contributed by atoms with van der Waals surface area (Å²) in [4.78, 5) is 11.6. The van der Waals surface area contributed by atoms with Gasteiger partial charge in [-0.3, -0.25) is 0 Å². The maximum Gasteiger partial charge on any atom is 0.338 e. The highest BCUT2D eigenvalue weighted by Gasteiger charge is 2.21. The van der Waals surface area contributed by atoms with Gasteiger partial charge in [-0.1, -0.05) is 54.4 Å². The summed E-state index contributed by atoms with van der Waals surface area (Å²) < 4.78 is 4.74. The molecule has 0 heterocycles. The maximum absolute atomic E-state index is 11.6. The molecule has 94 valence electrons. The van der Waals surface area contributed by atoms with Gasteiger partial charge in [0.2, 0.25) is 0 Å². The average molecular weight is 320 g/mol. The van der Waals surface area contributed by atoms with Crippen LogP contribution < -0.4 is 0 Å². The number of carbonyl (C=O) groups is 1. The Bertz CT molecular complexity index is 436. The Morgan fingerprint density at radius 1 is 1.41 bits per heavy atom. The summed E-state index contributed by atoms with van der Waals surface area (Å²) in [5.74, 6) is -0.359. The van der Waals surface area contributed by atoms with E-state index in [4.69, 9.17) is 16.3 Å². The van der Waals surface area contributed by atoms with Gasteiger partial charge in [-0.25, -0.2) is 4.79 Å². The van der Waals surface area contributed by atoms with Crippen molar-refractivity contribution in [2.75, 3.05) is 7.11 Å². The van der Waals surface area contributed by atoms with Gasteiger partial charge >= 0.3 is 5.97 Å². The number of alkyl halides is 1. The van der Waals surface area contributed by atoms with Crippen LogP contribution >= 0.6 is 27.5 Å². The number of hydrogen-bond donors (Lipinski definition) is 0. The van der Waals surface area contributed by atoms with Gasteiger partial charge in [0.05, 0.1) is 12.7 Å². The second kappa shape index (κ2) is 5.40. The van der Waals surface area contributed by atoms with Gasteiger partial charge in [0.1, 0.15) is 0 Å². The Kier molecular flexibility index (Phi) is 4.62. The van der Waals surface area contributed by atoms with Crippen LogP contribution in [-0.4, -0.2) is 13.1 Å². The second-order valence-corrected chi connectivity index (χ2v) is 5.83. The SMILES string of the molecule is COC(=O)c1cc(Cl)c(C(C)(C)C)cc1CBr. The third-order valence-corrected chi connectivity index (χ3v) is 3.47. The first-order valence-electron chi connectivity index (χ1n) is 5.28. The second-order valence-electron chi connectivity index (χ2n) is 4.86. The normalized spacial score (nSPS) is 11.4. The van der Waals surface area contributed by atoms with Crippen LogP contribution in [0.5, 0.6) is 0 Å². The minimum Gasteiger partial charge on any atom is -0.465 e. The number of carbonyl (C=O) groups excluding carboxylic acids is 1. The number of halogens is 2. The van der Waals surface area contributed by atoms with E-state index in [0.29, 0.717) is 15.9 Å². The fourth-order valence-corrected chi connectivity index (χ4v) is 2.51. The van der Waals surface area contributed by atoms with Gasteiger partial charge in [0.25, 0.3) is 0 Å². The predicted octanol–water partition coefficient (Wildman–Crippen LogP) is 4.32. The number of rotatable bonds is 2. The van der Waals surface area contributed by atoms with E-state index in [2.05, 4.69) is 36.7 Å². The monoisotopic (exact) mass is 318 g/mol. The molecular weight excluding hydrogens is 303 g/mol. The highest BCUT2D eigenvalue weighted by Crippen LogP contribution is 2.32. The van der Waals surface area contributed by atoms with Crippen molar-refractivity contribution in [1.82, 2.24) is 0 Å². The highest BCUT2D eigenvalue weighted by molar-refractivity contribution is 9.08. The summed E-state index contributed by atoms with van der Waals surface area (Å²) in [6, 6.07) is 3.65. The molecule has 0 N–H and O–H groups in total. The Labute approximate surface area is 115 Å². The van der Waals surface area contributed by atoms with Crippen LogP contribution in [0.3, 0.4) is 0 Å². The Hall–Kier alpha value is -0.540. The number of esters is 1. The molecule has 0 aliphatic heterocycles. The Balaban J connectivity index is 3.40. The zero-order valence-electron chi connectivity index (χ0n) is 10.4. The summed E-state index contributed by atoms with van der Waals surface area (Å²) >= 11 is 9.60. The van der Waals surface area contributed by atoms with Crippen molar-refractivity contribution in [3.63, 3.8) is 0 Å². The quantitative estimate of drug-likeness (QED) is 0.599. The number of hydrogen-bond acceptors (Lipinski definition) is 2. The van der Waals surface area contributed by atoms with Crippen LogP contribution in [-0.2, 0) is 15.5 Å². The van der Waals surface area contributed by atoms with Crippen LogP contribution in [0.1, 0.15) is 42.3 Å². The van der Waals surface area contributed by atoms with Crippen molar-refractivity contribution in [3.8, 4) is 0 Å². The zero-order valence-corrected chi connectivity index (χ0v) is 12.8. The van der Waals surface area contributed by atoms with Gasteiger partial charge < -0.3 is 4.74 Å². The standard InChI is InChI=1S/C13H16BrClO2/c1-13(2,3)10-5-8(7-14)9(6-11(10)15)12(16)17-4/h5-6H,7H2,1-4H3.